The highest BCUT2D eigenvalue weighted by molar-refractivity contribution is 5.99. The first kappa shape index (κ1) is 17.2. The molecule has 0 atom stereocenters. The molecule has 2 rings (SSSR count). The Hall–Kier alpha value is -3.18. The van der Waals surface area contributed by atoms with E-state index in [1.54, 1.807) is 32.4 Å². The fourth-order valence-corrected chi connectivity index (χ4v) is 1.99. The van der Waals surface area contributed by atoms with Gasteiger partial charge in [0.25, 0.3) is 5.91 Å². The van der Waals surface area contributed by atoms with Gasteiger partial charge in [0.15, 0.2) is 0 Å². The van der Waals surface area contributed by atoms with Gasteiger partial charge in [-0.3, -0.25) is 9.89 Å². The van der Waals surface area contributed by atoms with Crippen molar-refractivity contribution in [2.24, 2.45) is 5.73 Å². The van der Waals surface area contributed by atoms with E-state index in [0.29, 0.717) is 22.9 Å². The van der Waals surface area contributed by atoms with Crippen molar-refractivity contribution in [3.63, 3.8) is 0 Å². The predicted octanol–water partition coefficient (Wildman–Crippen LogP) is 0.330. The monoisotopic (exact) mass is 330 g/mol. The van der Waals surface area contributed by atoms with Crippen LogP contribution < -0.4 is 20.5 Å². The largest absolute Gasteiger partial charge is 0.497 e. The maximum Gasteiger partial charge on any atom is 0.255 e. The van der Waals surface area contributed by atoms with Crippen LogP contribution in [0.4, 0.5) is 5.82 Å². The Morgan fingerprint density at radius 3 is 2.50 bits per heavy atom. The maximum absolute atomic E-state index is 11.6. The summed E-state index contributed by atoms with van der Waals surface area (Å²) < 4.78 is 10.4. The molecule has 1 aromatic carbocycles. The van der Waals surface area contributed by atoms with Gasteiger partial charge < -0.3 is 25.6 Å². The minimum atomic E-state index is -0.670. The fraction of sp³-hybridized carbons (Fsp3) is 0.250. The van der Waals surface area contributed by atoms with Crippen LogP contribution in [0.15, 0.2) is 18.2 Å². The number of aromatic amines is 1. The molecule has 126 valence electrons. The number of benzene rings is 1. The number of hydrogen-bond acceptors (Lipinski definition) is 6. The molecule has 8 nitrogen and oxygen atoms in total. The highest BCUT2D eigenvalue weighted by atomic mass is 16.5. The smallest absolute Gasteiger partial charge is 0.255 e. The first-order valence-electron chi connectivity index (χ1n) is 7.07. The van der Waals surface area contributed by atoms with Crippen LogP contribution in [-0.4, -0.2) is 48.6 Å². The summed E-state index contributed by atoms with van der Waals surface area (Å²) in [6, 6.07) is 5.19. The van der Waals surface area contributed by atoms with Crippen molar-refractivity contribution in [1.82, 2.24) is 10.2 Å². The van der Waals surface area contributed by atoms with Crippen molar-refractivity contribution in [2.75, 3.05) is 32.7 Å². The van der Waals surface area contributed by atoms with E-state index >= 15 is 0 Å². The van der Waals surface area contributed by atoms with Gasteiger partial charge in [-0.15, -0.1) is 0 Å². The summed E-state index contributed by atoms with van der Waals surface area (Å²) in [5, 5.41) is 18.3. The Kier molecular flexibility index (Phi) is 5.65. The van der Waals surface area contributed by atoms with E-state index in [0.717, 1.165) is 0 Å². The minimum absolute atomic E-state index is 0.0954. The number of rotatable bonds is 6. The fourth-order valence-electron chi connectivity index (χ4n) is 1.99. The molecule has 1 aromatic heterocycles. The van der Waals surface area contributed by atoms with Crippen molar-refractivity contribution in [1.29, 1.82) is 0 Å². The Morgan fingerprint density at radius 2 is 1.96 bits per heavy atom. The number of hydrogen-bond donors (Lipinski definition) is 4. The van der Waals surface area contributed by atoms with Gasteiger partial charge in [-0.2, -0.15) is 5.10 Å². The lowest BCUT2D eigenvalue weighted by atomic mass is 10.1. The molecule has 0 saturated heterocycles. The molecule has 0 bridgehead atoms. The summed E-state index contributed by atoms with van der Waals surface area (Å²) in [5.74, 6) is 6.55. The normalized spacial score (nSPS) is 9.79. The number of carbonyl (C=O) groups excluding carboxylic acids is 1. The van der Waals surface area contributed by atoms with E-state index in [1.807, 2.05) is 0 Å². The molecule has 24 heavy (non-hydrogen) atoms. The van der Waals surface area contributed by atoms with Gasteiger partial charge in [0, 0.05) is 18.2 Å². The van der Waals surface area contributed by atoms with Crippen molar-refractivity contribution in [3.8, 4) is 23.3 Å². The van der Waals surface area contributed by atoms with Crippen molar-refractivity contribution in [3.05, 3.63) is 35.0 Å². The number of carbonyl (C=O) groups is 1. The molecule has 0 aliphatic carbocycles. The lowest BCUT2D eigenvalue weighted by Gasteiger charge is -2.04. The Balaban J connectivity index is 2.37. The number of anilines is 1. The van der Waals surface area contributed by atoms with Crippen molar-refractivity contribution < 1.29 is 19.4 Å². The number of nitrogens with zero attached hydrogens (tertiary/aromatic N) is 1. The number of primary amides is 1. The van der Waals surface area contributed by atoms with Crippen LogP contribution in [0.1, 0.15) is 21.6 Å². The quantitative estimate of drug-likeness (QED) is 0.566. The second-order valence-electron chi connectivity index (χ2n) is 4.69. The van der Waals surface area contributed by atoms with Crippen LogP contribution in [0.3, 0.4) is 0 Å². The minimum Gasteiger partial charge on any atom is -0.497 e. The van der Waals surface area contributed by atoms with Crippen molar-refractivity contribution >= 4 is 11.7 Å². The summed E-state index contributed by atoms with van der Waals surface area (Å²) in [7, 11) is 3.09. The number of nitrogens with one attached hydrogen (secondary N) is 2. The summed E-state index contributed by atoms with van der Waals surface area (Å²) >= 11 is 0. The molecular formula is C16H18N4O4. The van der Waals surface area contributed by atoms with Crippen molar-refractivity contribution in [2.45, 2.75) is 0 Å². The molecule has 0 radical (unpaired) electrons. The van der Waals surface area contributed by atoms with Gasteiger partial charge in [-0.25, -0.2) is 0 Å². The Morgan fingerprint density at radius 1 is 1.29 bits per heavy atom. The second-order valence-corrected chi connectivity index (χ2v) is 4.69. The third-order valence-corrected chi connectivity index (χ3v) is 3.10. The zero-order chi connectivity index (χ0) is 17.5. The van der Waals surface area contributed by atoms with Crippen LogP contribution in [0.5, 0.6) is 11.5 Å². The summed E-state index contributed by atoms with van der Waals surface area (Å²) in [5.41, 5.74) is 6.37. The van der Waals surface area contributed by atoms with E-state index in [9.17, 15) is 4.79 Å². The summed E-state index contributed by atoms with van der Waals surface area (Å²) in [4.78, 5) is 11.6. The summed E-state index contributed by atoms with van der Waals surface area (Å²) in [6.07, 6.45) is 0. The zero-order valence-electron chi connectivity index (χ0n) is 13.3. The van der Waals surface area contributed by atoms with Gasteiger partial charge in [-0.1, -0.05) is 5.92 Å². The van der Waals surface area contributed by atoms with Crippen LogP contribution in [0.25, 0.3) is 0 Å². The molecule has 2 aromatic rings. The zero-order valence-corrected chi connectivity index (χ0v) is 13.3. The standard InChI is InChI=1S/C16H18N4O4/c1-23-11-7-10(8-12(9-11)24-2)3-4-13-14(15(17)22)16(20-19-13)18-5-6-21/h7-9,21H,5-6H2,1-2H3,(H2,17,22)(H2,18,19,20). The van der Waals surface area contributed by atoms with Gasteiger partial charge in [0.2, 0.25) is 0 Å². The number of aliphatic hydroxyl groups is 1. The SMILES string of the molecule is COc1cc(C#Cc2n[nH]c(NCCO)c2C(N)=O)cc(OC)c1. The summed E-state index contributed by atoms with van der Waals surface area (Å²) in [6.45, 7) is 0.157. The Bertz CT molecular complexity index is 767. The molecule has 0 fully saturated rings. The molecule has 0 unspecified atom stereocenters. The molecule has 0 aliphatic heterocycles. The average molecular weight is 330 g/mol. The predicted molar refractivity (Wildman–Crippen MR) is 88.2 cm³/mol. The van der Waals surface area contributed by atoms with Crippen LogP contribution in [-0.2, 0) is 0 Å². The average Bonchev–Trinajstić information content (AvgIpc) is 3.00. The first-order valence-corrected chi connectivity index (χ1v) is 7.07. The molecule has 8 heteroatoms. The van der Waals surface area contributed by atoms with Crippen LogP contribution >= 0.6 is 0 Å². The highest BCUT2D eigenvalue weighted by Gasteiger charge is 2.16. The van der Waals surface area contributed by atoms with Gasteiger partial charge in [0.05, 0.1) is 20.8 Å². The molecule has 5 N–H and O–H groups in total. The molecule has 0 spiro atoms. The van der Waals surface area contributed by atoms with E-state index < -0.39 is 5.91 Å². The number of ether oxygens (including phenoxy) is 2. The third-order valence-electron chi connectivity index (χ3n) is 3.10. The number of amides is 1. The van der Waals surface area contributed by atoms with Gasteiger partial charge >= 0.3 is 0 Å². The Labute approximate surface area is 139 Å². The topological polar surface area (TPSA) is 122 Å². The number of aromatic nitrogens is 2. The van der Waals surface area contributed by atoms with E-state index in [4.69, 9.17) is 20.3 Å². The number of nitrogens with two attached hydrogens (primary N) is 1. The number of methoxy groups -OCH3 is 2. The van der Waals surface area contributed by atoms with E-state index in [-0.39, 0.29) is 24.4 Å². The lowest BCUT2D eigenvalue weighted by Crippen LogP contribution is -2.16. The molecular weight excluding hydrogens is 312 g/mol. The van der Waals surface area contributed by atoms with Gasteiger partial charge in [-0.05, 0) is 18.1 Å². The van der Waals surface area contributed by atoms with Crippen LogP contribution in [0.2, 0.25) is 0 Å². The van der Waals surface area contributed by atoms with Crippen LogP contribution in [0, 0.1) is 11.8 Å². The molecule has 1 amide bonds. The third kappa shape index (κ3) is 3.97. The molecule has 0 aliphatic rings. The number of aliphatic hydroxyl groups excluding tert-OH is 1. The van der Waals surface area contributed by atoms with E-state index in [2.05, 4.69) is 27.4 Å². The lowest BCUT2D eigenvalue weighted by molar-refractivity contribution is 0.100. The second kappa shape index (κ2) is 7.89. The molecule has 1 heterocycles. The van der Waals surface area contributed by atoms with Gasteiger partial charge in [0.1, 0.15) is 28.6 Å². The number of H-pyrrole nitrogens is 1. The highest BCUT2D eigenvalue weighted by Crippen LogP contribution is 2.22. The first-order chi connectivity index (χ1) is 11.6. The molecule has 0 saturated carbocycles. The van der Waals surface area contributed by atoms with E-state index in [1.165, 1.54) is 0 Å². The maximum atomic E-state index is 11.6.